The first-order valence-electron chi connectivity index (χ1n) is 4.10. The van der Waals surface area contributed by atoms with E-state index >= 15 is 0 Å². The van der Waals surface area contributed by atoms with E-state index in [-0.39, 0.29) is 11.6 Å². The van der Waals surface area contributed by atoms with E-state index in [0.717, 1.165) is 22.8 Å². The van der Waals surface area contributed by atoms with Crippen molar-refractivity contribution in [3.8, 4) is 0 Å². The number of fused-ring (bicyclic) bond motifs is 1. The summed E-state index contributed by atoms with van der Waals surface area (Å²) in [6.45, 7) is 4.03. The Morgan fingerprint density at radius 3 is 2.83 bits per heavy atom. The van der Waals surface area contributed by atoms with E-state index in [9.17, 15) is 4.79 Å². The van der Waals surface area contributed by atoms with E-state index in [1.54, 1.807) is 16.4 Å². The number of rotatable bonds is 1. The summed E-state index contributed by atoms with van der Waals surface area (Å²) in [7, 11) is 0. The van der Waals surface area contributed by atoms with Crippen molar-refractivity contribution >= 4 is 11.8 Å². The highest BCUT2D eigenvalue weighted by atomic mass is 32.2. The number of nitrogens with one attached hydrogen (secondary N) is 1. The summed E-state index contributed by atoms with van der Waals surface area (Å²) in [6, 6.07) is 0.244. The van der Waals surface area contributed by atoms with Crippen LogP contribution in [0.25, 0.3) is 0 Å². The lowest BCUT2D eigenvalue weighted by Gasteiger charge is -2.04. The topological polar surface area (TPSA) is 37.8 Å². The lowest BCUT2D eigenvalue weighted by molar-refractivity contribution is 0.513. The summed E-state index contributed by atoms with van der Waals surface area (Å²) in [5.41, 5.74) is 2.28. The van der Waals surface area contributed by atoms with E-state index in [0.29, 0.717) is 0 Å². The molecule has 0 radical (unpaired) electrons. The molecule has 2 heterocycles. The maximum Gasteiger partial charge on any atom is 0.271 e. The van der Waals surface area contributed by atoms with Crippen molar-refractivity contribution in [2.75, 3.05) is 0 Å². The Balaban J connectivity index is 2.55. The minimum Gasteiger partial charge on any atom is -0.298 e. The first-order chi connectivity index (χ1) is 5.70. The van der Waals surface area contributed by atoms with Crippen LogP contribution in [0, 0.1) is 0 Å². The van der Waals surface area contributed by atoms with Crippen LogP contribution in [0.1, 0.15) is 31.1 Å². The van der Waals surface area contributed by atoms with Gasteiger partial charge >= 0.3 is 0 Å². The summed E-state index contributed by atoms with van der Waals surface area (Å²) in [4.78, 5) is 11.6. The van der Waals surface area contributed by atoms with Gasteiger partial charge in [0.1, 0.15) is 0 Å². The molecule has 66 valence electrons. The molecular weight excluding hydrogens is 172 g/mol. The highest BCUT2D eigenvalue weighted by Gasteiger charge is 2.20. The molecule has 1 aliphatic heterocycles. The second-order valence-corrected chi connectivity index (χ2v) is 4.32. The van der Waals surface area contributed by atoms with Crippen LogP contribution in [0.2, 0.25) is 0 Å². The lowest BCUT2D eigenvalue weighted by atomic mass is 10.3. The Labute approximate surface area is 75.1 Å². The van der Waals surface area contributed by atoms with Crippen molar-refractivity contribution in [2.45, 2.75) is 31.4 Å². The highest BCUT2D eigenvalue weighted by Crippen LogP contribution is 2.26. The summed E-state index contributed by atoms with van der Waals surface area (Å²) in [5, 5.41) is 3.14. The van der Waals surface area contributed by atoms with Gasteiger partial charge < -0.3 is 0 Å². The Hall–Kier alpha value is -0.640. The van der Waals surface area contributed by atoms with E-state index in [2.05, 4.69) is 5.10 Å². The number of hydrogen-bond acceptors (Lipinski definition) is 2. The molecule has 2 rings (SSSR count). The van der Waals surface area contributed by atoms with Crippen LogP contribution in [-0.4, -0.2) is 9.78 Å². The molecule has 0 spiro atoms. The van der Waals surface area contributed by atoms with Crippen molar-refractivity contribution in [3.63, 3.8) is 0 Å². The Kier molecular flexibility index (Phi) is 1.79. The number of thioether (sulfide) groups is 1. The largest absolute Gasteiger partial charge is 0.298 e. The monoisotopic (exact) mass is 184 g/mol. The number of nitrogens with zero attached hydrogens (tertiary/aromatic N) is 1. The smallest absolute Gasteiger partial charge is 0.271 e. The van der Waals surface area contributed by atoms with Gasteiger partial charge in [0.25, 0.3) is 5.56 Å². The van der Waals surface area contributed by atoms with Gasteiger partial charge in [-0.3, -0.25) is 14.6 Å². The predicted octanol–water partition coefficient (Wildman–Crippen LogP) is 1.50. The fraction of sp³-hybridized carbons (Fsp3) is 0.625. The highest BCUT2D eigenvalue weighted by molar-refractivity contribution is 7.98. The van der Waals surface area contributed by atoms with Gasteiger partial charge in [-0.05, 0) is 13.8 Å². The molecule has 0 fully saturated rings. The third kappa shape index (κ3) is 1.02. The quantitative estimate of drug-likeness (QED) is 0.718. The molecule has 0 aliphatic carbocycles. The standard InChI is InChI=1S/C8H12N2OS/c1-5(2)10-8(11)6-3-12-4-7(6)9-10/h5,9H,3-4H2,1-2H3. The van der Waals surface area contributed by atoms with Gasteiger partial charge in [0, 0.05) is 17.5 Å². The molecule has 0 amide bonds. The number of aromatic amines is 1. The molecule has 1 aromatic heterocycles. The van der Waals surface area contributed by atoms with E-state index in [4.69, 9.17) is 0 Å². The van der Waals surface area contributed by atoms with Crippen LogP contribution in [0.3, 0.4) is 0 Å². The fourth-order valence-electron chi connectivity index (χ4n) is 1.43. The van der Waals surface area contributed by atoms with Crippen molar-refractivity contribution in [3.05, 3.63) is 21.6 Å². The van der Waals surface area contributed by atoms with Crippen molar-refractivity contribution in [2.24, 2.45) is 0 Å². The molecule has 12 heavy (non-hydrogen) atoms. The Morgan fingerprint density at radius 1 is 1.50 bits per heavy atom. The number of aromatic nitrogens is 2. The molecular formula is C8H12N2OS. The van der Waals surface area contributed by atoms with Gasteiger partial charge in [0.05, 0.1) is 11.3 Å². The minimum absolute atomic E-state index is 0.171. The van der Waals surface area contributed by atoms with Gasteiger partial charge in [0.15, 0.2) is 0 Å². The SMILES string of the molecule is CC(C)n1[nH]c2c(c1=O)CSC2. The number of hydrogen-bond donors (Lipinski definition) is 1. The molecule has 0 saturated heterocycles. The lowest BCUT2D eigenvalue weighted by Crippen LogP contribution is -2.20. The molecule has 0 saturated carbocycles. The predicted molar refractivity (Wildman–Crippen MR) is 50.4 cm³/mol. The number of H-pyrrole nitrogens is 1. The van der Waals surface area contributed by atoms with E-state index in [1.165, 1.54) is 0 Å². The van der Waals surface area contributed by atoms with Crippen LogP contribution in [0.5, 0.6) is 0 Å². The maximum atomic E-state index is 11.6. The first kappa shape index (κ1) is 7.98. The average Bonchev–Trinajstić information content (AvgIpc) is 2.53. The van der Waals surface area contributed by atoms with Gasteiger partial charge in [-0.25, -0.2) is 0 Å². The maximum absolute atomic E-state index is 11.6. The van der Waals surface area contributed by atoms with Crippen LogP contribution in [0.15, 0.2) is 4.79 Å². The molecule has 1 N–H and O–H groups in total. The van der Waals surface area contributed by atoms with Crippen LogP contribution < -0.4 is 5.56 Å². The second kappa shape index (κ2) is 2.69. The first-order valence-corrected chi connectivity index (χ1v) is 5.25. The summed E-state index contributed by atoms with van der Waals surface area (Å²) >= 11 is 1.80. The Bertz CT molecular complexity index is 350. The van der Waals surface area contributed by atoms with Crippen LogP contribution in [0.4, 0.5) is 0 Å². The van der Waals surface area contributed by atoms with Gasteiger partial charge in [-0.1, -0.05) is 0 Å². The summed E-state index contributed by atoms with van der Waals surface area (Å²) in [6.07, 6.45) is 0. The minimum atomic E-state index is 0.171. The third-order valence-electron chi connectivity index (χ3n) is 2.11. The second-order valence-electron chi connectivity index (χ2n) is 3.33. The van der Waals surface area contributed by atoms with Gasteiger partial charge in [-0.2, -0.15) is 11.8 Å². The van der Waals surface area contributed by atoms with Gasteiger partial charge in [0.2, 0.25) is 0 Å². The van der Waals surface area contributed by atoms with Crippen LogP contribution >= 0.6 is 11.8 Å². The van der Waals surface area contributed by atoms with Gasteiger partial charge in [-0.15, -0.1) is 0 Å². The van der Waals surface area contributed by atoms with Crippen molar-refractivity contribution in [1.82, 2.24) is 9.78 Å². The molecule has 1 aromatic rings. The fourth-order valence-corrected chi connectivity index (χ4v) is 2.47. The van der Waals surface area contributed by atoms with Crippen molar-refractivity contribution in [1.29, 1.82) is 0 Å². The Morgan fingerprint density at radius 2 is 2.25 bits per heavy atom. The van der Waals surface area contributed by atoms with Crippen molar-refractivity contribution < 1.29 is 0 Å². The molecule has 1 aliphatic rings. The zero-order valence-corrected chi connectivity index (χ0v) is 8.07. The van der Waals surface area contributed by atoms with Crippen LogP contribution in [-0.2, 0) is 11.5 Å². The molecule has 3 nitrogen and oxygen atoms in total. The zero-order valence-electron chi connectivity index (χ0n) is 7.26. The van der Waals surface area contributed by atoms with E-state index in [1.807, 2.05) is 13.8 Å². The molecule has 4 heteroatoms. The average molecular weight is 184 g/mol. The zero-order chi connectivity index (χ0) is 8.72. The molecule has 0 bridgehead atoms. The molecule has 0 atom stereocenters. The third-order valence-corrected chi connectivity index (χ3v) is 3.09. The summed E-state index contributed by atoms with van der Waals surface area (Å²) in [5.74, 6) is 1.84. The summed E-state index contributed by atoms with van der Waals surface area (Å²) < 4.78 is 1.71. The molecule has 0 unspecified atom stereocenters. The normalized spacial score (nSPS) is 15.6. The molecule has 0 aromatic carbocycles. The van der Waals surface area contributed by atoms with E-state index < -0.39 is 0 Å².